The van der Waals surface area contributed by atoms with Crippen LogP contribution in [-0.4, -0.2) is 79.0 Å². The molecule has 0 bridgehead atoms. The highest BCUT2D eigenvalue weighted by Crippen LogP contribution is 2.25. The van der Waals surface area contributed by atoms with Crippen molar-refractivity contribution in [2.24, 2.45) is 0 Å². The van der Waals surface area contributed by atoms with Crippen LogP contribution in [0, 0.1) is 6.92 Å². The lowest BCUT2D eigenvalue weighted by molar-refractivity contribution is -0.116. The summed E-state index contributed by atoms with van der Waals surface area (Å²) in [4.78, 5) is 33.8. The van der Waals surface area contributed by atoms with Crippen molar-refractivity contribution in [3.05, 3.63) is 46.8 Å². The lowest BCUT2D eigenvalue weighted by Gasteiger charge is -2.27. The molecule has 0 aliphatic carbocycles. The van der Waals surface area contributed by atoms with Crippen molar-refractivity contribution in [1.29, 1.82) is 0 Å². The Kier molecular flexibility index (Phi) is 7.46. The van der Waals surface area contributed by atoms with Gasteiger partial charge in [0.25, 0.3) is 5.91 Å². The number of rotatable bonds is 3. The molecule has 0 spiro atoms. The molecule has 0 saturated heterocycles. The Bertz CT molecular complexity index is 924. The zero-order valence-electron chi connectivity index (χ0n) is 19.2. The summed E-state index contributed by atoms with van der Waals surface area (Å²) in [5.74, 6) is 0.522. The van der Waals surface area contributed by atoms with Gasteiger partial charge in [-0.15, -0.1) is 0 Å². The van der Waals surface area contributed by atoms with Crippen LogP contribution in [0.5, 0.6) is 0 Å². The van der Waals surface area contributed by atoms with Crippen LogP contribution in [0.4, 0.5) is 5.69 Å². The number of hydrogen-bond donors (Lipinski definition) is 0. The van der Waals surface area contributed by atoms with Crippen molar-refractivity contribution < 1.29 is 14.1 Å². The first kappa shape index (κ1) is 23.0. The van der Waals surface area contributed by atoms with E-state index in [1.165, 1.54) is 0 Å². The van der Waals surface area contributed by atoms with Crippen molar-refractivity contribution in [1.82, 2.24) is 19.9 Å². The molecule has 1 aliphatic rings. The van der Waals surface area contributed by atoms with Crippen LogP contribution >= 0.6 is 0 Å². The Morgan fingerprint density at radius 2 is 1.87 bits per heavy atom. The van der Waals surface area contributed by atoms with Gasteiger partial charge in [0, 0.05) is 50.9 Å². The Hall–Kier alpha value is -2.71. The fourth-order valence-corrected chi connectivity index (χ4v) is 3.93. The molecule has 8 nitrogen and oxygen atoms in total. The molecule has 0 N–H and O–H groups in total. The molecule has 2 heterocycles. The second-order valence-electron chi connectivity index (χ2n) is 8.49. The van der Waals surface area contributed by atoms with Gasteiger partial charge in [-0.1, -0.05) is 23.4 Å². The van der Waals surface area contributed by atoms with Gasteiger partial charge in [-0.25, -0.2) is 0 Å². The van der Waals surface area contributed by atoms with Crippen LogP contribution in [0.2, 0.25) is 0 Å². The molecule has 8 heteroatoms. The monoisotopic (exact) mass is 427 g/mol. The topological polar surface area (TPSA) is 73.1 Å². The maximum Gasteiger partial charge on any atom is 0.276 e. The maximum absolute atomic E-state index is 13.6. The molecule has 0 saturated carbocycles. The summed E-state index contributed by atoms with van der Waals surface area (Å²) in [7, 11) is 5.95. The third-order valence-electron chi connectivity index (χ3n) is 5.65. The predicted molar refractivity (Wildman–Crippen MR) is 120 cm³/mol. The van der Waals surface area contributed by atoms with Crippen LogP contribution in [0.25, 0.3) is 0 Å². The largest absolute Gasteiger partial charge is 0.361 e. The summed E-state index contributed by atoms with van der Waals surface area (Å²) < 4.78 is 5.38. The number of aromatic nitrogens is 1. The zero-order valence-corrected chi connectivity index (χ0v) is 19.2. The number of nitrogens with zero attached hydrogens (tertiary/aromatic N) is 5. The van der Waals surface area contributed by atoms with E-state index >= 15 is 0 Å². The Morgan fingerprint density at radius 1 is 1.13 bits per heavy atom. The molecule has 3 rings (SSSR count). The second-order valence-corrected chi connectivity index (χ2v) is 8.49. The summed E-state index contributed by atoms with van der Waals surface area (Å²) in [5.41, 5.74) is 2.99. The summed E-state index contributed by atoms with van der Waals surface area (Å²) in [6, 6.07) is 7.83. The molecule has 0 unspecified atom stereocenters. The van der Waals surface area contributed by atoms with E-state index in [0.29, 0.717) is 37.6 Å². The summed E-state index contributed by atoms with van der Waals surface area (Å²) in [5, 5.41) is 4.11. The highest BCUT2D eigenvalue weighted by molar-refractivity contribution is 5.94. The van der Waals surface area contributed by atoms with Gasteiger partial charge in [0.1, 0.15) is 5.76 Å². The van der Waals surface area contributed by atoms with Crippen molar-refractivity contribution in [3.8, 4) is 0 Å². The number of carbonyl (C=O) groups excluding carboxylic acids is 2. The number of amides is 2. The Labute approximate surface area is 184 Å². The van der Waals surface area contributed by atoms with Crippen molar-refractivity contribution in [3.63, 3.8) is 0 Å². The third kappa shape index (κ3) is 5.51. The molecule has 0 atom stereocenters. The fraction of sp³-hybridized carbons (Fsp3) is 0.522. The van der Waals surface area contributed by atoms with Crippen molar-refractivity contribution in [2.75, 3.05) is 52.2 Å². The number of para-hydroxylation sites is 1. The number of anilines is 1. The highest BCUT2D eigenvalue weighted by Gasteiger charge is 2.27. The number of benzene rings is 1. The summed E-state index contributed by atoms with van der Waals surface area (Å²) in [6.07, 6.45) is 0.869. The van der Waals surface area contributed by atoms with Gasteiger partial charge in [0.15, 0.2) is 5.69 Å². The molecule has 1 aromatic carbocycles. The minimum atomic E-state index is -0.148. The van der Waals surface area contributed by atoms with Gasteiger partial charge in [-0.05, 0) is 52.7 Å². The van der Waals surface area contributed by atoms with Gasteiger partial charge in [-0.3, -0.25) is 9.59 Å². The summed E-state index contributed by atoms with van der Waals surface area (Å²) in [6.45, 7) is 7.23. The lowest BCUT2D eigenvalue weighted by atomic mass is 10.1. The molecule has 168 valence electrons. The Morgan fingerprint density at radius 3 is 2.58 bits per heavy atom. The minimum absolute atomic E-state index is 0.00706. The quantitative estimate of drug-likeness (QED) is 0.749. The number of likely N-dealkylation sites (N-methyl/N-ethyl adjacent to an activating group) is 1. The van der Waals surface area contributed by atoms with Crippen LogP contribution in [-0.2, 0) is 17.9 Å². The van der Waals surface area contributed by atoms with Gasteiger partial charge >= 0.3 is 0 Å². The highest BCUT2D eigenvalue weighted by atomic mass is 16.5. The van der Waals surface area contributed by atoms with Gasteiger partial charge in [0.05, 0.1) is 0 Å². The normalized spacial score (nSPS) is 16.2. The molecule has 31 heavy (non-hydrogen) atoms. The lowest BCUT2D eigenvalue weighted by Crippen LogP contribution is -2.38. The smallest absolute Gasteiger partial charge is 0.276 e. The van der Waals surface area contributed by atoms with E-state index in [-0.39, 0.29) is 11.8 Å². The predicted octanol–water partition coefficient (Wildman–Crippen LogP) is 2.38. The molecule has 0 fully saturated rings. The van der Waals surface area contributed by atoms with E-state index in [9.17, 15) is 9.59 Å². The second kappa shape index (κ2) is 10.1. The van der Waals surface area contributed by atoms with E-state index in [1.54, 1.807) is 6.92 Å². The van der Waals surface area contributed by atoms with Crippen LogP contribution in [0.1, 0.15) is 40.7 Å². The van der Waals surface area contributed by atoms with Crippen LogP contribution in [0.3, 0.4) is 0 Å². The molecular formula is C23H33N5O3. The SMILES string of the molecule is CC(=O)N1CCCN(C)CCN(C(=O)c2noc(C)c2CN(C)C)Cc2ccccc21. The van der Waals surface area contributed by atoms with E-state index in [1.807, 2.05) is 67.0 Å². The molecule has 2 aromatic rings. The van der Waals surface area contributed by atoms with Crippen LogP contribution in [0.15, 0.2) is 28.8 Å². The van der Waals surface area contributed by atoms with Gasteiger partial charge in [-0.2, -0.15) is 0 Å². The van der Waals surface area contributed by atoms with Gasteiger partial charge < -0.3 is 24.1 Å². The maximum atomic E-state index is 13.6. The third-order valence-corrected chi connectivity index (χ3v) is 5.65. The van der Waals surface area contributed by atoms with Crippen molar-refractivity contribution >= 4 is 17.5 Å². The molecule has 0 radical (unpaired) electrons. The van der Waals surface area contributed by atoms with E-state index < -0.39 is 0 Å². The first-order valence-corrected chi connectivity index (χ1v) is 10.7. The molecule has 2 amide bonds. The van der Waals surface area contributed by atoms with Gasteiger partial charge in [0.2, 0.25) is 5.91 Å². The Balaban J connectivity index is 1.98. The van der Waals surface area contributed by atoms with E-state index in [2.05, 4.69) is 10.1 Å². The van der Waals surface area contributed by atoms with E-state index in [4.69, 9.17) is 4.52 Å². The molecule has 1 aromatic heterocycles. The first-order chi connectivity index (χ1) is 14.8. The average Bonchev–Trinajstić information content (AvgIpc) is 3.06. The molecule has 1 aliphatic heterocycles. The van der Waals surface area contributed by atoms with E-state index in [0.717, 1.165) is 36.3 Å². The zero-order chi connectivity index (χ0) is 22.5. The fourth-order valence-electron chi connectivity index (χ4n) is 3.93. The first-order valence-electron chi connectivity index (χ1n) is 10.7. The number of aryl methyl sites for hydroxylation is 1. The number of carbonyl (C=O) groups is 2. The van der Waals surface area contributed by atoms with Crippen LogP contribution < -0.4 is 4.90 Å². The average molecular weight is 428 g/mol. The number of hydrogen-bond acceptors (Lipinski definition) is 6. The van der Waals surface area contributed by atoms with Crippen molar-refractivity contribution in [2.45, 2.75) is 33.4 Å². The molecular weight excluding hydrogens is 394 g/mol. The number of fused-ring (bicyclic) bond motifs is 1. The standard InChI is InChI=1S/C23H33N5O3/c1-17-20(16-25(3)4)22(24-31-17)23(30)27-14-13-26(5)11-8-12-28(18(2)29)21-10-7-6-9-19(21)15-27/h6-7,9-10H,8,11-16H2,1-5H3. The minimum Gasteiger partial charge on any atom is -0.361 e. The summed E-state index contributed by atoms with van der Waals surface area (Å²) >= 11 is 0.